The van der Waals surface area contributed by atoms with Gasteiger partial charge in [-0.15, -0.1) is 0 Å². The summed E-state index contributed by atoms with van der Waals surface area (Å²) in [5.74, 6) is -0.463. The van der Waals surface area contributed by atoms with Crippen LogP contribution in [0, 0.1) is 5.41 Å². The van der Waals surface area contributed by atoms with Crippen molar-refractivity contribution in [2.75, 3.05) is 24.3 Å². The van der Waals surface area contributed by atoms with Gasteiger partial charge in [0.25, 0.3) is 0 Å². The van der Waals surface area contributed by atoms with Crippen molar-refractivity contribution in [1.82, 2.24) is 0 Å². The summed E-state index contributed by atoms with van der Waals surface area (Å²) in [5, 5.41) is 14.3. The number of amides is 1. The van der Waals surface area contributed by atoms with Crippen molar-refractivity contribution in [2.24, 2.45) is 16.3 Å². The normalized spacial score (nSPS) is 12.1. The van der Waals surface area contributed by atoms with Gasteiger partial charge >= 0.3 is 0 Å². The van der Waals surface area contributed by atoms with Gasteiger partial charge in [-0.2, -0.15) is 0 Å². The Balaban J connectivity index is 2.83. The molecule has 1 rings (SSSR count). The highest BCUT2D eigenvalue weighted by atomic mass is 16.4. The van der Waals surface area contributed by atoms with Gasteiger partial charge in [-0.05, 0) is 38.1 Å². The first kappa shape index (κ1) is 14.8. The lowest BCUT2D eigenvalue weighted by Crippen LogP contribution is -2.42. The van der Waals surface area contributed by atoms with E-state index in [1.807, 2.05) is 31.1 Å². The fraction of sp³-hybridized carbons (Fsp3) is 0.385. The molecule has 0 atom stereocenters. The van der Waals surface area contributed by atoms with E-state index in [-0.39, 0.29) is 11.7 Å². The fourth-order valence-corrected chi connectivity index (χ4v) is 1.37. The summed E-state index contributed by atoms with van der Waals surface area (Å²) in [6, 6.07) is 7.39. The van der Waals surface area contributed by atoms with Crippen LogP contribution in [0.4, 0.5) is 11.4 Å². The van der Waals surface area contributed by atoms with Crippen molar-refractivity contribution in [2.45, 2.75) is 13.8 Å². The Morgan fingerprint density at radius 2 is 1.84 bits per heavy atom. The van der Waals surface area contributed by atoms with Crippen molar-refractivity contribution in [3.63, 3.8) is 0 Å². The number of anilines is 2. The third-order valence-corrected chi connectivity index (χ3v) is 2.96. The number of nitrogens with one attached hydrogen (secondary N) is 1. The van der Waals surface area contributed by atoms with E-state index < -0.39 is 5.41 Å². The summed E-state index contributed by atoms with van der Waals surface area (Å²) in [6.07, 6.45) is 0. The van der Waals surface area contributed by atoms with Gasteiger partial charge < -0.3 is 21.2 Å². The third-order valence-electron chi connectivity index (χ3n) is 2.96. The molecule has 0 spiro atoms. The Morgan fingerprint density at radius 3 is 2.26 bits per heavy atom. The van der Waals surface area contributed by atoms with Crippen LogP contribution in [0.2, 0.25) is 0 Å². The zero-order valence-electron chi connectivity index (χ0n) is 11.6. The van der Waals surface area contributed by atoms with Gasteiger partial charge in [0.2, 0.25) is 5.91 Å². The van der Waals surface area contributed by atoms with Crippen LogP contribution in [-0.2, 0) is 4.79 Å². The zero-order chi connectivity index (χ0) is 14.6. The van der Waals surface area contributed by atoms with Crippen LogP contribution in [0.5, 0.6) is 0 Å². The SMILES string of the molecule is CN(C)c1ccc(NC(=O)C(C)(C)C(N)=NO)cc1. The maximum atomic E-state index is 12.1. The van der Waals surface area contributed by atoms with Gasteiger partial charge in [-0.1, -0.05) is 5.16 Å². The third kappa shape index (κ3) is 3.37. The molecule has 104 valence electrons. The molecule has 4 N–H and O–H groups in total. The molecule has 0 saturated heterocycles. The summed E-state index contributed by atoms with van der Waals surface area (Å²) < 4.78 is 0. The van der Waals surface area contributed by atoms with E-state index in [1.165, 1.54) is 0 Å². The molecular formula is C13H20N4O2. The summed E-state index contributed by atoms with van der Waals surface area (Å²) >= 11 is 0. The van der Waals surface area contributed by atoms with E-state index in [0.717, 1.165) is 5.69 Å². The Kier molecular flexibility index (Phi) is 4.37. The average Bonchev–Trinajstić information content (AvgIpc) is 2.38. The molecule has 1 amide bonds. The van der Waals surface area contributed by atoms with Crippen LogP contribution in [0.1, 0.15) is 13.8 Å². The minimum Gasteiger partial charge on any atom is -0.409 e. The average molecular weight is 264 g/mol. The van der Waals surface area contributed by atoms with Crippen LogP contribution in [-0.4, -0.2) is 31.0 Å². The summed E-state index contributed by atoms with van der Waals surface area (Å²) in [6.45, 7) is 3.18. The molecule has 1 aromatic rings. The van der Waals surface area contributed by atoms with Crippen molar-refractivity contribution >= 4 is 23.1 Å². The van der Waals surface area contributed by atoms with E-state index in [1.54, 1.807) is 26.0 Å². The Bertz CT molecular complexity index is 478. The number of rotatable bonds is 4. The van der Waals surface area contributed by atoms with Gasteiger partial charge in [0.1, 0.15) is 5.41 Å². The van der Waals surface area contributed by atoms with Crippen LogP contribution < -0.4 is 16.0 Å². The molecule has 6 heteroatoms. The van der Waals surface area contributed by atoms with Crippen LogP contribution in [0.15, 0.2) is 29.4 Å². The first-order valence-electron chi connectivity index (χ1n) is 5.86. The number of carbonyl (C=O) groups excluding carboxylic acids is 1. The summed E-state index contributed by atoms with van der Waals surface area (Å²) in [4.78, 5) is 14.0. The molecule has 0 aliphatic rings. The lowest BCUT2D eigenvalue weighted by Gasteiger charge is -2.22. The number of oxime groups is 1. The maximum absolute atomic E-state index is 12.1. The van der Waals surface area contributed by atoms with Gasteiger partial charge in [0, 0.05) is 25.5 Å². The minimum atomic E-state index is -1.07. The topological polar surface area (TPSA) is 91.0 Å². The number of hydrogen-bond acceptors (Lipinski definition) is 4. The Hall–Kier alpha value is -2.24. The van der Waals surface area contributed by atoms with E-state index in [0.29, 0.717) is 5.69 Å². The van der Waals surface area contributed by atoms with Crippen molar-refractivity contribution in [1.29, 1.82) is 0 Å². The molecule has 19 heavy (non-hydrogen) atoms. The van der Waals surface area contributed by atoms with E-state index >= 15 is 0 Å². The summed E-state index contributed by atoms with van der Waals surface area (Å²) in [7, 11) is 3.88. The molecule has 0 aliphatic heterocycles. The van der Waals surface area contributed by atoms with Gasteiger partial charge in [-0.3, -0.25) is 4.79 Å². The number of carbonyl (C=O) groups is 1. The highest BCUT2D eigenvalue weighted by Crippen LogP contribution is 2.20. The largest absolute Gasteiger partial charge is 0.409 e. The predicted molar refractivity (Wildman–Crippen MR) is 76.6 cm³/mol. The molecule has 0 fully saturated rings. The number of benzene rings is 1. The second kappa shape index (κ2) is 5.60. The molecule has 0 aliphatic carbocycles. The first-order valence-corrected chi connectivity index (χ1v) is 5.86. The molecule has 0 bridgehead atoms. The predicted octanol–water partition coefficient (Wildman–Crippen LogP) is 1.46. The molecule has 6 nitrogen and oxygen atoms in total. The monoisotopic (exact) mass is 264 g/mol. The molecule has 0 unspecified atom stereocenters. The molecule has 0 heterocycles. The smallest absolute Gasteiger partial charge is 0.237 e. The Labute approximate surface area is 112 Å². The quantitative estimate of drug-likeness (QED) is 0.332. The van der Waals surface area contributed by atoms with Crippen LogP contribution >= 0.6 is 0 Å². The molecular weight excluding hydrogens is 244 g/mol. The molecule has 0 saturated carbocycles. The van der Waals surface area contributed by atoms with E-state index in [2.05, 4.69) is 10.5 Å². The number of nitrogens with two attached hydrogens (primary N) is 1. The number of nitrogens with zero attached hydrogens (tertiary/aromatic N) is 2. The maximum Gasteiger partial charge on any atom is 0.237 e. The number of amidine groups is 1. The second-order valence-corrected chi connectivity index (χ2v) is 5.01. The lowest BCUT2D eigenvalue weighted by atomic mass is 9.91. The molecule has 0 radical (unpaired) electrons. The van der Waals surface area contributed by atoms with E-state index in [9.17, 15) is 4.79 Å². The van der Waals surface area contributed by atoms with Gasteiger partial charge in [0.05, 0.1) is 0 Å². The number of hydrogen-bond donors (Lipinski definition) is 3. The highest BCUT2D eigenvalue weighted by Gasteiger charge is 2.32. The highest BCUT2D eigenvalue weighted by molar-refractivity contribution is 6.11. The molecule has 0 aromatic heterocycles. The van der Waals surface area contributed by atoms with Crippen molar-refractivity contribution in [3.8, 4) is 0 Å². The zero-order valence-corrected chi connectivity index (χ0v) is 11.6. The van der Waals surface area contributed by atoms with Crippen LogP contribution in [0.25, 0.3) is 0 Å². The summed E-state index contributed by atoms with van der Waals surface area (Å²) in [5.41, 5.74) is 6.12. The lowest BCUT2D eigenvalue weighted by molar-refractivity contribution is -0.121. The fourth-order valence-electron chi connectivity index (χ4n) is 1.37. The van der Waals surface area contributed by atoms with Crippen LogP contribution in [0.3, 0.4) is 0 Å². The van der Waals surface area contributed by atoms with E-state index in [4.69, 9.17) is 10.9 Å². The Morgan fingerprint density at radius 1 is 1.32 bits per heavy atom. The second-order valence-electron chi connectivity index (χ2n) is 5.01. The standard InChI is InChI=1S/C13H20N4O2/c1-13(2,11(14)16-19)12(18)15-9-5-7-10(8-6-9)17(3)4/h5-8,19H,1-4H3,(H2,14,16)(H,15,18). The minimum absolute atomic E-state index is 0.130. The van der Waals surface area contributed by atoms with Gasteiger partial charge in [-0.25, -0.2) is 0 Å². The first-order chi connectivity index (χ1) is 8.78. The molecule has 1 aromatic carbocycles. The van der Waals surface area contributed by atoms with Gasteiger partial charge in [0.15, 0.2) is 5.84 Å². The van der Waals surface area contributed by atoms with Crippen molar-refractivity contribution < 1.29 is 10.0 Å². The van der Waals surface area contributed by atoms with Crippen molar-refractivity contribution in [3.05, 3.63) is 24.3 Å².